The zero-order chi connectivity index (χ0) is 9.52. The first-order chi connectivity index (χ1) is 6.38. The molecule has 0 amide bonds. The Balaban J connectivity index is 2.32. The molecule has 5 nitrogen and oxygen atoms in total. The van der Waals surface area contributed by atoms with Crippen LogP contribution in [0.5, 0.6) is 0 Å². The van der Waals surface area contributed by atoms with Gasteiger partial charge in [-0.1, -0.05) is 0 Å². The number of hydrogen-bond donors (Lipinski definition) is 4. The van der Waals surface area contributed by atoms with E-state index in [2.05, 4.69) is 10.3 Å². The fourth-order valence-corrected chi connectivity index (χ4v) is 1.68. The van der Waals surface area contributed by atoms with Gasteiger partial charge in [-0.25, -0.2) is 0 Å². The molecule has 0 atom stereocenters. The van der Waals surface area contributed by atoms with Gasteiger partial charge in [0.15, 0.2) is 0 Å². The van der Waals surface area contributed by atoms with E-state index in [4.69, 9.17) is 10.2 Å². The number of aliphatic hydroxyl groups is 2. The third kappa shape index (κ3) is 3.58. The minimum Gasteiger partial charge on any atom is -0.390 e. The van der Waals surface area contributed by atoms with Crippen molar-refractivity contribution in [3.05, 3.63) is 0 Å². The Labute approximate surface area is 78.9 Å². The average Bonchev–Trinajstić information content (AvgIpc) is 2.19. The number of rotatable bonds is 5. The van der Waals surface area contributed by atoms with Crippen molar-refractivity contribution in [1.29, 1.82) is 0 Å². The van der Waals surface area contributed by atoms with Crippen molar-refractivity contribution in [2.75, 3.05) is 52.5 Å². The molecule has 0 aromatic carbocycles. The van der Waals surface area contributed by atoms with Crippen LogP contribution >= 0.6 is 0 Å². The van der Waals surface area contributed by atoms with Crippen LogP contribution < -0.4 is 10.3 Å². The van der Waals surface area contributed by atoms with Gasteiger partial charge < -0.3 is 15.5 Å². The maximum absolute atomic E-state index is 8.85. The molecule has 1 heterocycles. The Morgan fingerprint density at radius 2 is 1.62 bits per heavy atom. The van der Waals surface area contributed by atoms with Crippen LogP contribution in [0.15, 0.2) is 0 Å². The Bertz CT molecular complexity index is 123. The summed E-state index contributed by atoms with van der Waals surface area (Å²) in [5.74, 6) is 0. The number of quaternary nitrogens is 1. The van der Waals surface area contributed by atoms with Crippen molar-refractivity contribution in [2.24, 2.45) is 0 Å². The third-order valence-electron chi connectivity index (χ3n) is 2.36. The zero-order valence-corrected chi connectivity index (χ0v) is 8.00. The third-order valence-corrected chi connectivity index (χ3v) is 2.36. The molecular weight excluding hydrogens is 170 g/mol. The second-order valence-electron chi connectivity index (χ2n) is 3.25. The second kappa shape index (κ2) is 6.28. The molecule has 0 radical (unpaired) electrons. The minimum atomic E-state index is 0.180. The van der Waals surface area contributed by atoms with Crippen LogP contribution in [-0.2, 0) is 0 Å². The molecule has 5 heteroatoms. The van der Waals surface area contributed by atoms with E-state index in [1.54, 1.807) is 0 Å². The Morgan fingerprint density at radius 1 is 1.08 bits per heavy atom. The highest BCUT2D eigenvalue weighted by Crippen LogP contribution is 1.81. The zero-order valence-electron chi connectivity index (χ0n) is 8.00. The maximum atomic E-state index is 8.85. The summed E-state index contributed by atoms with van der Waals surface area (Å²) in [6.45, 7) is 5.74. The topological polar surface area (TPSA) is 60.2 Å². The molecule has 78 valence electrons. The van der Waals surface area contributed by atoms with E-state index in [9.17, 15) is 0 Å². The van der Waals surface area contributed by atoms with Crippen molar-refractivity contribution in [3.63, 3.8) is 0 Å². The van der Waals surface area contributed by atoms with Crippen LogP contribution in [0.2, 0.25) is 0 Å². The lowest BCUT2D eigenvalue weighted by Crippen LogP contribution is -3.19. The lowest BCUT2D eigenvalue weighted by Gasteiger charge is -2.33. The number of nitrogens with one attached hydrogen (secondary N) is 2. The van der Waals surface area contributed by atoms with Gasteiger partial charge >= 0.3 is 0 Å². The molecular formula is C8H20N3O2+. The number of piperazine rings is 1. The molecule has 0 saturated carbocycles. The molecule has 0 aromatic rings. The van der Waals surface area contributed by atoms with E-state index in [0.29, 0.717) is 13.1 Å². The molecule has 1 saturated heterocycles. The fraction of sp³-hybridized carbons (Fsp3) is 1.00. The van der Waals surface area contributed by atoms with Crippen LogP contribution in [0.4, 0.5) is 0 Å². The second-order valence-corrected chi connectivity index (χ2v) is 3.25. The summed E-state index contributed by atoms with van der Waals surface area (Å²) in [6.07, 6.45) is 0. The van der Waals surface area contributed by atoms with E-state index in [1.807, 2.05) is 0 Å². The Kier molecular flexibility index (Phi) is 5.26. The molecule has 1 aliphatic rings. The van der Waals surface area contributed by atoms with E-state index in [-0.39, 0.29) is 13.2 Å². The first kappa shape index (κ1) is 10.9. The normalized spacial score (nSPS) is 19.6. The van der Waals surface area contributed by atoms with E-state index >= 15 is 0 Å². The quantitative estimate of drug-likeness (QED) is 0.366. The first-order valence-corrected chi connectivity index (χ1v) is 4.90. The monoisotopic (exact) mass is 190 g/mol. The highest BCUT2D eigenvalue weighted by atomic mass is 16.3. The molecule has 0 bridgehead atoms. The van der Waals surface area contributed by atoms with Gasteiger partial charge in [-0.2, -0.15) is 5.01 Å². The number of nitrogens with zero attached hydrogens (tertiary/aromatic N) is 1. The van der Waals surface area contributed by atoms with Crippen molar-refractivity contribution in [2.45, 2.75) is 0 Å². The van der Waals surface area contributed by atoms with Crippen LogP contribution in [-0.4, -0.2) is 67.7 Å². The Hall–Kier alpha value is -0.200. The standard InChI is InChI=1S/C8H19N3O2/c12-7-5-11(6-8-13)10-3-1-9-2-4-10/h9,12-13H,1-8H2/p+1. The SMILES string of the molecule is OCC[NH+](CCO)N1CCNCC1. The molecule has 0 aromatic heterocycles. The molecule has 1 rings (SSSR count). The van der Waals surface area contributed by atoms with Crippen molar-refractivity contribution in [3.8, 4) is 0 Å². The largest absolute Gasteiger partial charge is 0.390 e. The van der Waals surface area contributed by atoms with E-state index < -0.39 is 0 Å². The van der Waals surface area contributed by atoms with Gasteiger partial charge in [0.2, 0.25) is 0 Å². The van der Waals surface area contributed by atoms with Gasteiger partial charge in [-0.15, -0.1) is 0 Å². The summed E-state index contributed by atoms with van der Waals surface area (Å²) < 4.78 is 0. The molecule has 0 spiro atoms. The highest BCUT2D eigenvalue weighted by Gasteiger charge is 2.20. The average molecular weight is 190 g/mol. The molecule has 0 aliphatic carbocycles. The molecule has 1 aliphatic heterocycles. The van der Waals surface area contributed by atoms with Gasteiger partial charge in [0.05, 0.1) is 26.3 Å². The summed E-state index contributed by atoms with van der Waals surface area (Å²) in [5.41, 5.74) is 0. The van der Waals surface area contributed by atoms with E-state index in [1.165, 1.54) is 5.01 Å². The van der Waals surface area contributed by atoms with Gasteiger partial charge in [-0.3, -0.25) is 5.01 Å². The van der Waals surface area contributed by atoms with Gasteiger partial charge in [0, 0.05) is 13.1 Å². The maximum Gasteiger partial charge on any atom is 0.118 e. The van der Waals surface area contributed by atoms with Crippen molar-refractivity contribution in [1.82, 2.24) is 10.3 Å². The predicted molar refractivity (Wildman–Crippen MR) is 49.3 cm³/mol. The van der Waals surface area contributed by atoms with Crippen molar-refractivity contribution < 1.29 is 15.2 Å². The van der Waals surface area contributed by atoms with Crippen LogP contribution in [0.1, 0.15) is 0 Å². The lowest BCUT2D eigenvalue weighted by atomic mass is 10.4. The summed E-state index contributed by atoms with van der Waals surface area (Å²) in [5, 5.41) is 24.4. The van der Waals surface area contributed by atoms with E-state index in [0.717, 1.165) is 26.2 Å². The number of hydrogen-bond acceptors (Lipinski definition) is 4. The van der Waals surface area contributed by atoms with Gasteiger partial charge in [0.25, 0.3) is 0 Å². The smallest absolute Gasteiger partial charge is 0.118 e. The van der Waals surface area contributed by atoms with Gasteiger partial charge in [0.1, 0.15) is 13.1 Å². The summed E-state index contributed by atoms with van der Waals surface area (Å²) in [7, 11) is 0. The first-order valence-electron chi connectivity index (χ1n) is 4.90. The Morgan fingerprint density at radius 3 is 2.08 bits per heavy atom. The van der Waals surface area contributed by atoms with Crippen LogP contribution in [0.3, 0.4) is 0 Å². The molecule has 13 heavy (non-hydrogen) atoms. The van der Waals surface area contributed by atoms with Crippen molar-refractivity contribution >= 4 is 0 Å². The lowest BCUT2D eigenvalue weighted by molar-refractivity contribution is -1.02. The summed E-state index contributed by atoms with van der Waals surface area (Å²) in [6, 6.07) is 0. The number of aliphatic hydroxyl groups excluding tert-OH is 2. The predicted octanol–water partition coefficient (Wildman–Crippen LogP) is -3.32. The summed E-state index contributed by atoms with van der Waals surface area (Å²) in [4.78, 5) is 0. The minimum absolute atomic E-state index is 0.180. The fourth-order valence-electron chi connectivity index (χ4n) is 1.68. The van der Waals surface area contributed by atoms with Crippen LogP contribution in [0.25, 0.3) is 0 Å². The summed E-state index contributed by atoms with van der Waals surface area (Å²) >= 11 is 0. The molecule has 0 unspecified atom stereocenters. The molecule has 1 fully saturated rings. The molecule has 4 N–H and O–H groups in total. The van der Waals surface area contributed by atoms with Crippen LogP contribution in [0, 0.1) is 0 Å². The van der Waals surface area contributed by atoms with Gasteiger partial charge in [-0.05, 0) is 0 Å². The highest BCUT2D eigenvalue weighted by molar-refractivity contribution is 4.59.